The fourth-order valence-corrected chi connectivity index (χ4v) is 4.42. The molecule has 192 valence electrons. The minimum Gasteiger partial charge on any atom is -0.452 e. The highest BCUT2D eigenvalue weighted by atomic mass is 28.4. The lowest BCUT2D eigenvalue weighted by Gasteiger charge is -2.37. The molecular formula is C28H46O5Si. The minimum absolute atomic E-state index is 0.170. The molecule has 1 unspecified atom stereocenters. The lowest BCUT2D eigenvalue weighted by Crippen LogP contribution is -2.41. The number of rotatable bonds is 14. The smallest absolute Gasteiger partial charge is 0.340 e. The van der Waals surface area contributed by atoms with Crippen molar-refractivity contribution >= 4 is 20.1 Å². The number of hydrogen-bond donors (Lipinski definition) is 0. The van der Waals surface area contributed by atoms with E-state index in [1.807, 2.05) is 24.3 Å². The summed E-state index contributed by atoms with van der Waals surface area (Å²) in [6.45, 7) is 18.0. The van der Waals surface area contributed by atoms with Gasteiger partial charge in [0, 0.05) is 20.1 Å². The first-order valence-corrected chi connectivity index (χ1v) is 15.3. The summed E-state index contributed by atoms with van der Waals surface area (Å²) in [5, 5.41) is 0.229. The monoisotopic (exact) mass is 490 g/mol. The minimum atomic E-state index is -1.70. The van der Waals surface area contributed by atoms with Gasteiger partial charge in [0.2, 0.25) is 0 Å². The summed E-state index contributed by atoms with van der Waals surface area (Å²) in [4.78, 5) is 24.8. The highest BCUT2D eigenvalue weighted by Gasteiger charge is 2.37. The molecule has 0 aliphatic carbocycles. The van der Waals surface area contributed by atoms with E-state index in [1.54, 1.807) is 12.1 Å². The largest absolute Gasteiger partial charge is 0.452 e. The SMILES string of the molecule is CO[C@@H](C(=O)O[C@H](CC=C(C)CCCC(C)CO[Si](C)(C)C(C)(C)C)C(C)=O)c1ccccc1. The van der Waals surface area contributed by atoms with Crippen LogP contribution in [0.3, 0.4) is 0 Å². The molecule has 0 saturated heterocycles. The second-order valence-electron chi connectivity index (χ2n) is 10.9. The van der Waals surface area contributed by atoms with Crippen LogP contribution >= 0.6 is 0 Å². The first-order valence-electron chi connectivity index (χ1n) is 12.4. The van der Waals surface area contributed by atoms with Gasteiger partial charge in [-0.3, -0.25) is 4.79 Å². The average molecular weight is 491 g/mol. The van der Waals surface area contributed by atoms with Crippen LogP contribution in [-0.2, 0) is 23.5 Å². The fourth-order valence-electron chi connectivity index (χ4n) is 3.29. The van der Waals surface area contributed by atoms with Gasteiger partial charge in [-0.15, -0.1) is 0 Å². The van der Waals surface area contributed by atoms with Gasteiger partial charge >= 0.3 is 5.97 Å². The third-order valence-corrected chi connectivity index (χ3v) is 11.2. The van der Waals surface area contributed by atoms with E-state index in [0.29, 0.717) is 17.9 Å². The maximum absolute atomic E-state index is 12.6. The van der Waals surface area contributed by atoms with Gasteiger partial charge in [0.1, 0.15) is 0 Å². The van der Waals surface area contributed by atoms with Gasteiger partial charge in [0.05, 0.1) is 0 Å². The Balaban J connectivity index is 2.53. The van der Waals surface area contributed by atoms with Gasteiger partial charge < -0.3 is 13.9 Å². The lowest BCUT2D eigenvalue weighted by atomic mass is 10.0. The molecule has 3 atom stereocenters. The Morgan fingerprint density at radius 3 is 2.24 bits per heavy atom. The predicted molar refractivity (Wildman–Crippen MR) is 141 cm³/mol. The number of hydrogen-bond acceptors (Lipinski definition) is 5. The van der Waals surface area contributed by atoms with Crippen LogP contribution in [0.25, 0.3) is 0 Å². The van der Waals surface area contributed by atoms with Crippen LogP contribution in [0.4, 0.5) is 0 Å². The number of allylic oxidation sites excluding steroid dienone is 1. The Morgan fingerprint density at radius 2 is 1.71 bits per heavy atom. The molecule has 1 aromatic rings. The number of carbonyl (C=O) groups excluding carboxylic acids is 2. The highest BCUT2D eigenvalue weighted by Crippen LogP contribution is 2.37. The second kappa shape index (κ2) is 14.0. The van der Waals surface area contributed by atoms with E-state index in [1.165, 1.54) is 19.6 Å². The molecule has 0 aromatic heterocycles. The van der Waals surface area contributed by atoms with E-state index in [4.69, 9.17) is 13.9 Å². The quantitative estimate of drug-likeness (QED) is 0.159. The third kappa shape index (κ3) is 10.2. The molecule has 1 rings (SSSR count). The zero-order chi connectivity index (χ0) is 25.9. The van der Waals surface area contributed by atoms with Crippen LogP contribution in [0.1, 0.15) is 78.9 Å². The predicted octanol–water partition coefficient (Wildman–Crippen LogP) is 7.04. The molecule has 6 heteroatoms. The van der Waals surface area contributed by atoms with Gasteiger partial charge in [0.15, 0.2) is 26.3 Å². The first-order chi connectivity index (χ1) is 15.8. The molecule has 0 spiro atoms. The van der Waals surface area contributed by atoms with Crippen molar-refractivity contribution < 1.29 is 23.5 Å². The Morgan fingerprint density at radius 1 is 1.09 bits per heavy atom. The number of esters is 1. The molecule has 0 aliphatic rings. The molecule has 0 aliphatic heterocycles. The topological polar surface area (TPSA) is 61.8 Å². The van der Waals surface area contributed by atoms with Gasteiger partial charge in [-0.25, -0.2) is 4.79 Å². The Labute approximate surface area is 208 Å². The van der Waals surface area contributed by atoms with Gasteiger partial charge in [-0.2, -0.15) is 0 Å². The molecule has 0 radical (unpaired) electrons. The number of ether oxygens (including phenoxy) is 2. The average Bonchev–Trinajstić information content (AvgIpc) is 2.75. The van der Waals surface area contributed by atoms with E-state index < -0.39 is 26.5 Å². The first kappa shape index (κ1) is 30.3. The van der Waals surface area contributed by atoms with Crippen LogP contribution in [0, 0.1) is 5.92 Å². The molecule has 0 amide bonds. The van der Waals surface area contributed by atoms with Crippen molar-refractivity contribution in [2.24, 2.45) is 5.92 Å². The van der Waals surface area contributed by atoms with E-state index in [-0.39, 0.29) is 10.8 Å². The zero-order valence-electron chi connectivity index (χ0n) is 22.8. The summed E-state index contributed by atoms with van der Waals surface area (Å²) in [6, 6.07) is 9.16. The number of carbonyl (C=O) groups is 2. The lowest BCUT2D eigenvalue weighted by molar-refractivity contribution is -0.164. The van der Waals surface area contributed by atoms with Crippen molar-refractivity contribution in [2.45, 2.75) is 97.6 Å². The zero-order valence-corrected chi connectivity index (χ0v) is 23.8. The number of Topliss-reactive ketones (excluding diaryl/α,β-unsaturated/α-hetero) is 1. The van der Waals surface area contributed by atoms with Crippen LogP contribution in [-0.4, -0.2) is 39.9 Å². The second-order valence-corrected chi connectivity index (χ2v) is 15.7. The number of methoxy groups -OCH3 is 1. The van der Waals surface area contributed by atoms with Crippen molar-refractivity contribution in [3.8, 4) is 0 Å². The molecule has 0 saturated carbocycles. The number of benzene rings is 1. The summed E-state index contributed by atoms with van der Waals surface area (Å²) in [7, 11) is -0.242. The van der Waals surface area contributed by atoms with Crippen molar-refractivity contribution in [2.75, 3.05) is 13.7 Å². The third-order valence-electron chi connectivity index (χ3n) is 6.75. The van der Waals surface area contributed by atoms with E-state index in [9.17, 15) is 9.59 Å². The number of ketones is 1. The summed E-state index contributed by atoms with van der Waals surface area (Å²) in [5.41, 5.74) is 1.90. The maximum Gasteiger partial charge on any atom is 0.340 e. The van der Waals surface area contributed by atoms with Crippen LogP contribution < -0.4 is 0 Å². The molecule has 5 nitrogen and oxygen atoms in total. The standard InChI is InChI=1S/C28H46O5Si/c1-21(14-13-15-22(2)20-32-34(8,9)28(4,5)6)18-19-25(23(3)29)33-27(30)26(31-7)24-16-11-10-12-17-24/h10-12,16-18,22,25-26H,13-15,19-20H2,1-9H3/t22?,25-,26-/m1/s1. The Bertz CT molecular complexity index is 795. The summed E-state index contributed by atoms with van der Waals surface area (Å²) >= 11 is 0. The van der Waals surface area contributed by atoms with Crippen molar-refractivity contribution in [1.29, 1.82) is 0 Å². The van der Waals surface area contributed by atoms with Gasteiger partial charge in [-0.1, -0.05) is 69.7 Å². The Hall–Kier alpha value is -1.76. The summed E-state index contributed by atoms with van der Waals surface area (Å²) in [5.74, 6) is -0.205. The normalized spacial score (nSPS) is 15.5. The van der Waals surface area contributed by atoms with Crippen LogP contribution in [0.5, 0.6) is 0 Å². The van der Waals surface area contributed by atoms with E-state index >= 15 is 0 Å². The highest BCUT2D eigenvalue weighted by molar-refractivity contribution is 6.74. The van der Waals surface area contributed by atoms with Gasteiger partial charge in [0.25, 0.3) is 0 Å². The van der Waals surface area contributed by atoms with Crippen molar-refractivity contribution in [3.63, 3.8) is 0 Å². The molecule has 0 N–H and O–H groups in total. The molecular weight excluding hydrogens is 444 g/mol. The van der Waals surface area contributed by atoms with Crippen molar-refractivity contribution in [3.05, 3.63) is 47.5 Å². The molecule has 0 bridgehead atoms. The van der Waals surface area contributed by atoms with E-state index in [0.717, 1.165) is 25.9 Å². The molecule has 34 heavy (non-hydrogen) atoms. The summed E-state index contributed by atoms with van der Waals surface area (Å²) < 4.78 is 17.2. The Kier molecular flexibility index (Phi) is 12.4. The van der Waals surface area contributed by atoms with E-state index in [2.05, 4.69) is 47.7 Å². The van der Waals surface area contributed by atoms with Crippen molar-refractivity contribution in [1.82, 2.24) is 0 Å². The molecule has 1 aromatic carbocycles. The van der Waals surface area contributed by atoms with Gasteiger partial charge in [-0.05, 0) is 62.7 Å². The molecule has 0 heterocycles. The maximum atomic E-state index is 12.6. The summed E-state index contributed by atoms with van der Waals surface area (Å²) in [6.07, 6.45) is 3.85. The van der Waals surface area contributed by atoms with Crippen LogP contribution in [0.2, 0.25) is 18.1 Å². The fraction of sp³-hybridized carbons (Fsp3) is 0.643. The molecule has 0 fully saturated rings. The van der Waals surface area contributed by atoms with Crippen LogP contribution in [0.15, 0.2) is 42.0 Å².